The molecule has 0 bridgehead atoms. The van der Waals surface area contributed by atoms with Crippen LogP contribution in [0, 0.1) is 5.92 Å². The maximum Gasteiger partial charge on any atom is 0.0594 e. The Kier molecular flexibility index (Phi) is 4.37. The van der Waals surface area contributed by atoms with E-state index in [1.165, 1.54) is 11.5 Å². The van der Waals surface area contributed by atoms with Crippen LogP contribution in [0.2, 0.25) is 0 Å². The topological polar surface area (TPSA) is 12.5 Å². The Morgan fingerprint density at radius 3 is 2.56 bits per heavy atom. The standard InChI is InChI=1S/C14H20NO/c1-13(14-5-3-2-4-6-14)7-8-15-9-11-16-12-10-15/h2-6H,7-12H2,1H3. The van der Waals surface area contributed by atoms with E-state index in [0.29, 0.717) is 0 Å². The molecule has 16 heavy (non-hydrogen) atoms. The summed E-state index contributed by atoms with van der Waals surface area (Å²) in [6, 6.07) is 10.7. The molecule has 0 spiro atoms. The first-order valence-electron chi connectivity index (χ1n) is 6.04. The molecule has 2 heteroatoms. The van der Waals surface area contributed by atoms with Crippen LogP contribution in [-0.4, -0.2) is 37.7 Å². The van der Waals surface area contributed by atoms with Crippen molar-refractivity contribution in [3.8, 4) is 0 Å². The van der Waals surface area contributed by atoms with Crippen molar-refractivity contribution in [2.24, 2.45) is 0 Å². The third kappa shape index (κ3) is 3.32. The van der Waals surface area contributed by atoms with Crippen LogP contribution < -0.4 is 0 Å². The van der Waals surface area contributed by atoms with Crippen molar-refractivity contribution in [2.45, 2.75) is 13.3 Å². The molecule has 0 unspecified atom stereocenters. The Labute approximate surface area is 98.2 Å². The van der Waals surface area contributed by atoms with Gasteiger partial charge in [0.1, 0.15) is 0 Å². The fraction of sp³-hybridized carbons (Fsp3) is 0.500. The zero-order valence-electron chi connectivity index (χ0n) is 9.98. The molecule has 1 radical (unpaired) electrons. The summed E-state index contributed by atoms with van der Waals surface area (Å²) in [4.78, 5) is 2.48. The summed E-state index contributed by atoms with van der Waals surface area (Å²) in [5.74, 6) is 1.48. The van der Waals surface area contributed by atoms with Crippen molar-refractivity contribution in [1.82, 2.24) is 4.90 Å². The van der Waals surface area contributed by atoms with Crippen molar-refractivity contribution in [3.05, 3.63) is 41.8 Å². The molecular weight excluding hydrogens is 198 g/mol. The van der Waals surface area contributed by atoms with Gasteiger partial charge in [-0.05, 0) is 18.5 Å². The van der Waals surface area contributed by atoms with Crippen LogP contribution in [0.4, 0.5) is 0 Å². The van der Waals surface area contributed by atoms with Crippen molar-refractivity contribution < 1.29 is 4.74 Å². The highest BCUT2D eigenvalue weighted by Crippen LogP contribution is 2.17. The summed E-state index contributed by atoms with van der Waals surface area (Å²) in [5, 5.41) is 0. The van der Waals surface area contributed by atoms with Gasteiger partial charge in [-0.25, -0.2) is 0 Å². The van der Waals surface area contributed by atoms with Crippen LogP contribution in [0.25, 0.3) is 0 Å². The van der Waals surface area contributed by atoms with Crippen LogP contribution in [-0.2, 0) is 4.74 Å². The molecule has 0 aliphatic carbocycles. The predicted molar refractivity (Wildman–Crippen MR) is 66.3 cm³/mol. The highest BCUT2D eigenvalue weighted by atomic mass is 16.5. The minimum atomic E-state index is 0.893. The average Bonchev–Trinajstić information content (AvgIpc) is 2.38. The molecule has 1 saturated heterocycles. The number of nitrogens with zero attached hydrogens (tertiary/aromatic N) is 1. The number of rotatable bonds is 4. The Balaban J connectivity index is 1.77. The average molecular weight is 218 g/mol. The van der Waals surface area contributed by atoms with Gasteiger partial charge in [0, 0.05) is 19.0 Å². The second-order valence-electron chi connectivity index (χ2n) is 4.35. The quantitative estimate of drug-likeness (QED) is 0.769. The molecule has 1 aromatic carbocycles. The van der Waals surface area contributed by atoms with Gasteiger partial charge in [0.15, 0.2) is 0 Å². The van der Waals surface area contributed by atoms with Gasteiger partial charge in [0.25, 0.3) is 0 Å². The Bertz CT molecular complexity index is 293. The normalized spacial score (nSPS) is 17.9. The maximum atomic E-state index is 5.34. The first kappa shape index (κ1) is 11.6. The molecule has 1 heterocycles. The van der Waals surface area contributed by atoms with Crippen LogP contribution in [0.5, 0.6) is 0 Å². The molecule has 0 N–H and O–H groups in total. The number of hydrogen-bond acceptors (Lipinski definition) is 2. The van der Waals surface area contributed by atoms with E-state index in [9.17, 15) is 0 Å². The van der Waals surface area contributed by atoms with Crippen molar-refractivity contribution >= 4 is 0 Å². The van der Waals surface area contributed by atoms with Gasteiger partial charge in [0.05, 0.1) is 13.2 Å². The molecule has 1 aliphatic rings. The molecule has 0 atom stereocenters. The molecule has 0 aromatic heterocycles. The Hall–Kier alpha value is -0.860. The summed E-state index contributed by atoms with van der Waals surface area (Å²) in [6.07, 6.45) is 1.16. The zero-order valence-corrected chi connectivity index (χ0v) is 9.98. The summed E-state index contributed by atoms with van der Waals surface area (Å²) in [5.41, 5.74) is 1.37. The van der Waals surface area contributed by atoms with E-state index in [0.717, 1.165) is 39.3 Å². The summed E-state index contributed by atoms with van der Waals surface area (Å²) in [7, 11) is 0. The highest BCUT2D eigenvalue weighted by Gasteiger charge is 2.12. The molecule has 87 valence electrons. The second-order valence-corrected chi connectivity index (χ2v) is 4.35. The van der Waals surface area contributed by atoms with E-state index in [1.54, 1.807) is 0 Å². The summed E-state index contributed by atoms with van der Waals surface area (Å²) in [6.45, 7) is 7.35. The largest absolute Gasteiger partial charge is 0.379 e. The predicted octanol–water partition coefficient (Wildman–Crippen LogP) is 2.35. The third-order valence-corrected chi connectivity index (χ3v) is 3.17. The van der Waals surface area contributed by atoms with Crippen LogP contribution in [0.3, 0.4) is 0 Å². The molecule has 1 aliphatic heterocycles. The second kappa shape index (κ2) is 6.02. The maximum absolute atomic E-state index is 5.34. The fourth-order valence-electron chi connectivity index (χ4n) is 2.02. The van der Waals surface area contributed by atoms with Gasteiger partial charge in [0.2, 0.25) is 0 Å². The first-order valence-corrected chi connectivity index (χ1v) is 6.04. The fourth-order valence-corrected chi connectivity index (χ4v) is 2.02. The lowest BCUT2D eigenvalue weighted by atomic mass is 9.98. The SMILES string of the molecule is C[C](CCN1CCOCC1)c1ccccc1. The van der Waals surface area contributed by atoms with Gasteiger partial charge in [-0.2, -0.15) is 0 Å². The highest BCUT2D eigenvalue weighted by molar-refractivity contribution is 5.28. The van der Waals surface area contributed by atoms with E-state index in [-0.39, 0.29) is 0 Å². The Morgan fingerprint density at radius 1 is 1.19 bits per heavy atom. The molecular formula is C14H20NO. The monoisotopic (exact) mass is 218 g/mol. The number of benzene rings is 1. The minimum Gasteiger partial charge on any atom is -0.379 e. The molecule has 1 aromatic rings. The van der Waals surface area contributed by atoms with E-state index in [2.05, 4.69) is 42.2 Å². The van der Waals surface area contributed by atoms with Gasteiger partial charge in [-0.1, -0.05) is 37.3 Å². The van der Waals surface area contributed by atoms with Crippen molar-refractivity contribution in [1.29, 1.82) is 0 Å². The molecule has 2 nitrogen and oxygen atoms in total. The summed E-state index contributed by atoms with van der Waals surface area (Å²) < 4.78 is 5.34. The lowest BCUT2D eigenvalue weighted by molar-refractivity contribution is 0.0380. The Morgan fingerprint density at radius 2 is 1.88 bits per heavy atom. The third-order valence-electron chi connectivity index (χ3n) is 3.17. The lowest BCUT2D eigenvalue weighted by Crippen LogP contribution is -2.37. The van der Waals surface area contributed by atoms with Crippen LogP contribution in [0.1, 0.15) is 18.9 Å². The van der Waals surface area contributed by atoms with Crippen molar-refractivity contribution in [2.75, 3.05) is 32.8 Å². The van der Waals surface area contributed by atoms with E-state index >= 15 is 0 Å². The number of morpholine rings is 1. The van der Waals surface area contributed by atoms with Crippen LogP contribution >= 0.6 is 0 Å². The molecule has 0 saturated carbocycles. The summed E-state index contributed by atoms with van der Waals surface area (Å²) >= 11 is 0. The van der Waals surface area contributed by atoms with E-state index < -0.39 is 0 Å². The van der Waals surface area contributed by atoms with Gasteiger partial charge >= 0.3 is 0 Å². The van der Waals surface area contributed by atoms with Gasteiger partial charge < -0.3 is 4.74 Å². The van der Waals surface area contributed by atoms with E-state index in [4.69, 9.17) is 4.74 Å². The smallest absolute Gasteiger partial charge is 0.0594 e. The van der Waals surface area contributed by atoms with Gasteiger partial charge in [-0.15, -0.1) is 0 Å². The molecule has 0 amide bonds. The number of hydrogen-bond donors (Lipinski definition) is 0. The molecule has 2 rings (SSSR count). The molecule has 1 fully saturated rings. The van der Waals surface area contributed by atoms with Gasteiger partial charge in [-0.3, -0.25) is 4.90 Å². The minimum absolute atomic E-state index is 0.893. The first-order chi connectivity index (χ1) is 7.86. The van der Waals surface area contributed by atoms with E-state index in [1.807, 2.05) is 0 Å². The number of ether oxygens (including phenoxy) is 1. The lowest BCUT2D eigenvalue weighted by Gasteiger charge is -2.27. The van der Waals surface area contributed by atoms with Crippen molar-refractivity contribution in [3.63, 3.8) is 0 Å². The zero-order chi connectivity index (χ0) is 11.2. The van der Waals surface area contributed by atoms with Crippen LogP contribution in [0.15, 0.2) is 30.3 Å².